The van der Waals surface area contributed by atoms with E-state index in [-0.39, 0.29) is 5.56 Å². The van der Waals surface area contributed by atoms with Gasteiger partial charge < -0.3 is 5.73 Å². The Morgan fingerprint density at radius 1 is 1.13 bits per heavy atom. The van der Waals surface area contributed by atoms with Crippen LogP contribution in [-0.2, 0) is 0 Å². The Kier molecular flexibility index (Phi) is 4.21. The summed E-state index contributed by atoms with van der Waals surface area (Å²) in [6, 6.07) is 3.29. The molecular weight excluding hydrogens is 196 g/mol. The van der Waals surface area contributed by atoms with Crippen molar-refractivity contribution in [2.24, 2.45) is 11.7 Å². The molecule has 84 valence electrons. The van der Waals surface area contributed by atoms with Gasteiger partial charge in [-0.05, 0) is 30.9 Å². The topological polar surface area (TPSA) is 26.0 Å². The van der Waals surface area contributed by atoms with Gasteiger partial charge in [0.05, 0.1) is 0 Å². The molecule has 0 spiro atoms. The molecule has 1 aromatic rings. The van der Waals surface area contributed by atoms with E-state index in [1.54, 1.807) is 0 Å². The average molecular weight is 213 g/mol. The molecule has 0 amide bonds. The third kappa shape index (κ3) is 3.27. The van der Waals surface area contributed by atoms with Gasteiger partial charge in [0.15, 0.2) is 0 Å². The fourth-order valence-electron chi connectivity index (χ4n) is 1.52. The summed E-state index contributed by atoms with van der Waals surface area (Å²) in [6.45, 7) is 4.12. The first-order chi connectivity index (χ1) is 7.02. The molecule has 3 heteroatoms. The van der Waals surface area contributed by atoms with Gasteiger partial charge in [-0.1, -0.05) is 19.9 Å². The van der Waals surface area contributed by atoms with Crippen molar-refractivity contribution in [1.29, 1.82) is 0 Å². The Balaban J connectivity index is 2.77. The molecule has 1 rings (SSSR count). The fourth-order valence-corrected chi connectivity index (χ4v) is 1.52. The first-order valence-corrected chi connectivity index (χ1v) is 5.22. The molecule has 0 saturated heterocycles. The van der Waals surface area contributed by atoms with Crippen molar-refractivity contribution in [3.05, 3.63) is 35.4 Å². The second-order valence-corrected chi connectivity index (χ2v) is 4.21. The van der Waals surface area contributed by atoms with Gasteiger partial charge in [0.1, 0.15) is 11.6 Å². The third-order valence-corrected chi connectivity index (χ3v) is 2.43. The first kappa shape index (κ1) is 12.1. The van der Waals surface area contributed by atoms with E-state index in [1.807, 2.05) is 0 Å². The summed E-state index contributed by atoms with van der Waals surface area (Å²) in [7, 11) is 0. The van der Waals surface area contributed by atoms with Gasteiger partial charge >= 0.3 is 0 Å². The highest BCUT2D eigenvalue weighted by Crippen LogP contribution is 2.23. The van der Waals surface area contributed by atoms with Crippen LogP contribution in [0.4, 0.5) is 8.78 Å². The van der Waals surface area contributed by atoms with E-state index in [4.69, 9.17) is 5.73 Å². The normalized spacial score (nSPS) is 13.2. The summed E-state index contributed by atoms with van der Waals surface area (Å²) in [5.74, 6) is -0.608. The summed E-state index contributed by atoms with van der Waals surface area (Å²) in [5.41, 5.74) is 5.78. The molecule has 0 aliphatic carbocycles. The van der Waals surface area contributed by atoms with Crippen LogP contribution in [0.1, 0.15) is 38.3 Å². The predicted octanol–water partition coefficient (Wildman–Crippen LogP) is 3.40. The van der Waals surface area contributed by atoms with E-state index in [1.165, 1.54) is 18.2 Å². The van der Waals surface area contributed by atoms with E-state index in [0.29, 0.717) is 12.3 Å². The molecule has 0 saturated carbocycles. The van der Waals surface area contributed by atoms with Crippen LogP contribution < -0.4 is 5.73 Å². The lowest BCUT2D eigenvalue weighted by atomic mass is 9.97. The summed E-state index contributed by atoms with van der Waals surface area (Å²) in [5, 5.41) is 0. The third-order valence-electron chi connectivity index (χ3n) is 2.43. The van der Waals surface area contributed by atoms with Crippen molar-refractivity contribution in [3.63, 3.8) is 0 Å². The molecule has 15 heavy (non-hydrogen) atoms. The van der Waals surface area contributed by atoms with Crippen molar-refractivity contribution in [3.8, 4) is 0 Å². The Morgan fingerprint density at radius 2 is 1.67 bits per heavy atom. The van der Waals surface area contributed by atoms with E-state index in [0.717, 1.165) is 6.42 Å². The highest BCUT2D eigenvalue weighted by Gasteiger charge is 2.16. The van der Waals surface area contributed by atoms with E-state index in [2.05, 4.69) is 13.8 Å². The minimum absolute atomic E-state index is 0.0122. The highest BCUT2D eigenvalue weighted by atomic mass is 19.1. The maximum Gasteiger partial charge on any atom is 0.130 e. The van der Waals surface area contributed by atoms with Crippen LogP contribution in [-0.4, -0.2) is 0 Å². The maximum atomic E-state index is 13.3. The van der Waals surface area contributed by atoms with Gasteiger partial charge in [-0.25, -0.2) is 8.78 Å². The Bertz CT molecular complexity index is 303. The molecule has 0 bridgehead atoms. The molecule has 1 aromatic carbocycles. The number of hydrogen-bond acceptors (Lipinski definition) is 1. The van der Waals surface area contributed by atoms with Gasteiger partial charge in [0.25, 0.3) is 0 Å². The average Bonchev–Trinajstić information content (AvgIpc) is 2.14. The Morgan fingerprint density at radius 3 is 2.13 bits per heavy atom. The molecule has 0 fully saturated rings. The maximum absolute atomic E-state index is 13.3. The molecule has 0 aliphatic rings. The second kappa shape index (κ2) is 5.21. The monoisotopic (exact) mass is 213 g/mol. The zero-order valence-electron chi connectivity index (χ0n) is 9.13. The van der Waals surface area contributed by atoms with Crippen molar-refractivity contribution >= 4 is 0 Å². The molecule has 0 radical (unpaired) electrons. The summed E-state index contributed by atoms with van der Waals surface area (Å²) < 4.78 is 26.6. The number of nitrogens with two attached hydrogens (primary N) is 1. The lowest BCUT2D eigenvalue weighted by molar-refractivity contribution is 0.468. The molecule has 0 heterocycles. The van der Waals surface area contributed by atoms with Crippen LogP contribution in [0.2, 0.25) is 0 Å². The summed E-state index contributed by atoms with van der Waals surface area (Å²) in [4.78, 5) is 0. The van der Waals surface area contributed by atoms with Crippen molar-refractivity contribution < 1.29 is 8.78 Å². The lowest BCUT2D eigenvalue weighted by Crippen LogP contribution is -2.15. The van der Waals surface area contributed by atoms with E-state index in [9.17, 15) is 8.78 Å². The van der Waals surface area contributed by atoms with Gasteiger partial charge in [-0.2, -0.15) is 0 Å². The van der Waals surface area contributed by atoms with Gasteiger partial charge in [0, 0.05) is 11.6 Å². The molecule has 1 nitrogen and oxygen atoms in total. The number of benzene rings is 1. The molecule has 0 aromatic heterocycles. The summed E-state index contributed by atoms with van der Waals surface area (Å²) in [6.07, 6.45) is 1.48. The number of halogens is 2. The minimum Gasteiger partial charge on any atom is -0.324 e. The van der Waals surface area contributed by atoms with Crippen LogP contribution in [0.25, 0.3) is 0 Å². The molecule has 1 atom stereocenters. The zero-order valence-corrected chi connectivity index (χ0v) is 9.13. The minimum atomic E-state index is -0.550. The predicted molar refractivity (Wildman–Crippen MR) is 57.4 cm³/mol. The largest absolute Gasteiger partial charge is 0.324 e. The SMILES string of the molecule is CC(C)CC[C@H](N)c1c(F)cccc1F. The lowest BCUT2D eigenvalue weighted by Gasteiger charge is -2.14. The number of rotatable bonds is 4. The highest BCUT2D eigenvalue weighted by molar-refractivity contribution is 5.22. The van der Waals surface area contributed by atoms with Gasteiger partial charge in [0.2, 0.25) is 0 Å². The zero-order chi connectivity index (χ0) is 11.4. The first-order valence-electron chi connectivity index (χ1n) is 5.22. The van der Waals surface area contributed by atoms with Gasteiger partial charge in [-0.3, -0.25) is 0 Å². The van der Waals surface area contributed by atoms with E-state index < -0.39 is 17.7 Å². The van der Waals surface area contributed by atoms with Crippen molar-refractivity contribution in [1.82, 2.24) is 0 Å². The van der Waals surface area contributed by atoms with E-state index >= 15 is 0 Å². The molecule has 0 unspecified atom stereocenters. The van der Waals surface area contributed by atoms with Crippen LogP contribution in [0.15, 0.2) is 18.2 Å². The standard InChI is InChI=1S/C12H17F2N/c1-8(2)6-7-11(15)12-9(13)4-3-5-10(12)14/h3-5,8,11H,6-7,15H2,1-2H3/t11-/m0/s1. The van der Waals surface area contributed by atoms with Crippen LogP contribution in [0.3, 0.4) is 0 Å². The van der Waals surface area contributed by atoms with Crippen molar-refractivity contribution in [2.45, 2.75) is 32.7 Å². The number of hydrogen-bond donors (Lipinski definition) is 1. The van der Waals surface area contributed by atoms with Gasteiger partial charge in [-0.15, -0.1) is 0 Å². The van der Waals surface area contributed by atoms with Crippen LogP contribution in [0.5, 0.6) is 0 Å². The fraction of sp³-hybridized carbons (Fsp3) is 0.500. The smallest absolute Gasteiger partial charge is 0.130 e. The second-order valence-electron chi connectivity index (χ2n) is 4.21. The van der Waals surface area contributed by atoms with Crippen molar-refractivity contribution in [2.75, 3.05) is 0 Å². The van der Waals surface area contributed by atoms with Crippen LogP contribution in [0, 0.1) is 17.6 Å². The summed E-state index contributed by atoms with van der Waals surface area (Å²) >= 11 is 0. The molecular formula is C12H17F2N. The van der Waals surface area contributed by atoms with Crippen LogP contribution >= 0.6 is 0 Å². The Hall–Kier alpha value is -0.960. The molecule has 0 aliphatic heterocycles. The quantitative estimate of drug-likeness (QED) is 0.815. The molecule has 2 N–H and O–H groups in total. The Labute approximate surface area is 89.3 Å².